The van der Waals surface area contributed by atoms with Gasteiger partial charge in [-0.2, -0.15) is 0 Å². The summed E-state index contributed by atoms with van der Waals surface area (Å²) >= 11 is 0. The van der Waals surface area contributed by atoms with E-state index in [4.69, 9.17) is 9.47 Å². The van der Waals surface area contributed by atoms with Gasteiger partial charge < -0.3 is 14.4 Å². The molecule has 1 aromatic carbocycles. The maximum absolute atomic E-state index is 5.43. The monoisotopic (exact) mass is 233 g/mol. The van der Waals surface area contributed by atoms with Gasteiger partial charge in [-0.15, -0.1) is 0 Å². The summed E-state index contributed by atoms with van der Waals surface area (Å²) in [7, 11) is 5.51. The lowest BCUT2D eigenvalue weighted by Crippen LogP contribution is -2.23. The van der Waals surface area contributed by atoms with Crippen molar-refractivity contribution in [3.05, 3.63) is 29.8 Å². The fourth-order valence-electron chi connectivity index (χ4n) is 2.08. The van der Waals surface area contributed by atoms with Crippen LogP contribution in [0.2, 0.25) is 0 Å². The smallest absolute Gasteiger partial charge is 0.130 e. The van der Waals surface area contributed by atoms with E-state index >= 15 is 0 Å². The van der Waals surface area contributed by atoms with Gasteiger partial charge in [-0.05, 0) is 31.2 Å². The van der Waals surface area contributed by atoms with Gasteiger partial charge in [0.1, 0.15) is 11.5 Å². The molecule has 0 aliphatic carbocycles. The molecule has 0 N–H and O–H groups in total. The molecule has 2 rings (SSSR count). The summed E-state index contributed by atoms with van der Waals surface area (Å²) in [5.74, 6) is 1.72. The van der Waals surface area contributed by atoms with Crippen molar-refractivity contribution in [3.8, 4) is 11.5 Å². The summed E-state index contributed by atoms with van der Waals surface area (Å²) in [4.78, 5) is 2.31. The van der Waals surface area contributed by atoms with Crippen molar-refractivity contribution in [3.63, 3.8) is 0 Å². The third-order valence-corrected chi connectivity index (χ3v) is 3.17. The van der Waals surface area contributed by atoms with Gasteiger partial charge in [0.2, 0.25) is 0 Å². The molecule has 92 valence electrons. The third-order valence-electron chi connectivity index (χ3n) is 3.17. The normalized spacial score (nSPS) is 16.5. The summed E-state index contributed by atoms with van der Waals surface area (Å²) in [6, 6.07) is 6.00. The Kier molecular flexibility index (Phi) is 3.69. The zero-order chi connectivity index (χ0) is 12.3. The van der Waals surface area contributed by atoms with E-state index in [2.05, 4.69) is 24.1 Å². The van der Waals surface area contributed by atoms with Crippen molar-refractivity contribution < 1.29 is 9.47 Å². The molecule has 17 heavy (non-hydrogen) atoms. The average Bonchev–Trinajstić information content (AvgIpc) is 2.39. The van der Waals surface area contributed by atoms with E-state index in [1.54, 1.807) is 14.2 Å². The molecule has 1 aliphatic heterocycles. The highest BCUT2D eigenvalue weighted by Crippen LogP contribution is 2.32. The highest BCUT2D eigenvalue weighted by molar-refractivity contribution is 5.72. The first-order valence-corrected chi connectivity index (χ1v) is 5.84. The fraction of sp³-hybridized carbons (Fsp3) is 0.429. The predicted octanol–water partition coefficient (Wildman–Crippen LogP) is 2.42. The van der Waals surface area contributed by atoms with Crippen LogP contribution in [0.15, 0.2) is 24.3 Å². The molecule has 0 unspecified atom stereocenters. The lowest BCUT2D eigenvalue weighted by Gasteiger charge is -2.23. The van der Waals surface area contributed by atoms with Crippen LogP contribution in [0.3, 0.4) is 0 Å². The minimum atomic E-state index is 0.833. The maximum Gasteiger partial charge on any atom is 0.130 e. The Balaban J connectivity index is 2.32. The Hall–Kier alpha value is -1.48. The molecule has 0 fully saturated rings. The quantitative estimate of drug-likeness (QED) is 0.800. The maximum atomic E-state index is 5.43. The lowest BCUT2D eigenvalue weighted by atomic mass is 9.98. The summed E-state index contributed by atoms with van der Waals surface area (Å²) in [5, 5.41) is 0. The molecule has 0 aromatic heterocycles. The van der Waals surface area contributed by atoms with Gasteiger partial charge in [-0.25, -0.2) is 0 Å². The van der Waals surface area contributed by atoms with Crippen LogP contribution in [0.1, 0.15) is 12.0 Å². The molecule has 1 aromatic rings. The highest BCUT2D eigenvalue weighted by atomic mass is 16.5. The molecule has 1 heterocycles. The molecule has 0 saturated heterocycles. The molecule has 0 atom stereocenters. The van der Waals surface area contributed by atoms with E-state index < -0.39 is 0 Å². The SMILES string of the molecule is COc1ccc(C2=CCN(C)CC2)c(OC)c1. The van der Waals surface area contributed by atoms with Crippen LogP contribution in [0.4, 0.5) is 0 Å². The number of benzene rings is 1. The summed E-state index contributed by atoms with van der Waals surface area (Å²) in [6.07, 6.45) is 3.34. The molecule has 0 amide bonds. The van der Waals surface area contributed by atoms with E-state index in [-0.39, 0.29) is 0 Å². The Labute approximate surface area is 103 Å². The summed E-state index contributed by atoms with van der Waals surface area (Å²) in [5.41, 5.74) is 2.55. The number of ether oxygens (including phenoxy) is 2. The number of hydrogen-bond acceptors (Lipinski definition) is 3. The van der Waals surface area contributed by atoms with Gasteiger partial charge in [0.15, 0.2) is 0 Å². The molecular formula is C14H19NO2. The molecule has 1 aliphatic rings. The van der Waals surface area contributed by atoms with Gasteiger partial charge >= 0.3 is 0 Å². The topological polar surface area (TPSA) is 21.7 Å². The van der Waals surface area contributed by atoms with E-state index in [0.29, 0.717) is 0 Å². The van der Waals surface area contributed by atoms with Crippen molar-refractivity contribution in [2.75, 3.05) is 34.4 Å². The second-order valence-electron chi connectivity index (χ2n) is 4.31. The number of likely N-dealkylation sites (N-methyl/N-ethyl adjacent to an activating group) is 1. The van der Waals surface area contributed by atoms with Crippen LogP contribution in [0.25, 0.3) is 5.57 Å². The first-order valence-electron chi connectivity index (χ1n) is 5.84. The molecule has 0 spiro atoms. The Morgan fingerprint density at radius 1 is 1.18 bits per heavy atom. The van der Waals surface area contributed by atoms with Crippen molar-refractivity contribution in [1.29, 1.82) is 0 Å². The van der Waals surface area contributed by atoms with Gasteiger partial charge in [0, 0.05) is 24.7 Å². The zero-order valence-electron chi connectivity index (χ0n) is 10.7. The van der Waals surface area contributed by atoms with Crippen molar-refractivity contribution in [1.82, 2.24) is 4.90 Å². The molecule has 3 heteroatoms. The lowest BCUT2D eigenvalue weighted by molar-refractivity contribution is 0.368. The van der Waals surface area contributed by atoms with E-state index in [0.717, 1.165) is 31.0 Å². The van der Waals surface area contributed by atoms with Gasteiger partial charge in [-0.1, -0.05) is 6.08 Å². The molecule has 0 radical (unpaired) electrons. The standard InChI is InChI=1S/C14H19NO2/c1-15-8-6-11(7-9-15)13-5-4-12(16-2)10-14(13)17-3/h4-6,10H,7-9H2,1-3H3. The van der Waals surface area contributed by atoms with Crippen molar-refractivity contribution >= 4 is 5.57 Å². The molecule has 0 bridgehead atoms. The molecule has 3 nitrogen and oxygen atoms in total. The van der Waals surface area contributed by atoms with E-state index in [1.807, 2.05) is 12.1 Å². The molecule has 0 saturated carbocycles. The minimum Gasteiger partial charge on any atom is -0.497 e. The third kappa shape index (κ3) is 2.61. The second kappa shape index (κ2) is 5.23. The fourth-order valence-corrected chi connectivity index (χ4v) is 2.08. The second-order valence-corrected chi connectivity index (χ2v) is 4.31. The van der Waals surface area contributed by atoms with Gasteiger partial charge in [-0.3, -0.25) is 0 Å². The van der Waals surface area contributed by atoms with Crippen LogP contribution in [0, 0.1) is 0 Å². The minimum absolute atomic E-state index is 0.833. The zero-order valence-corrected chi connectivity index (χ0v) is 10.7. The Morgan fingerprint density at radius 3 is 2.59 bits per heavy atom. The van der Waals surface area contributed by atoms with Crippen molar-refractivity contribution in [2.24, 2.45) is 0 Å². The van der Waals surface area contributed by atoms with Crippen LogP contribution >= 0.6 is 0 Å². The van der Waals surface area contributed by atoms with Gasteiger partial charge in [0.05, 0.1) is 14.2 Å². The predicted molar refractivity (Wildman–Crippen MR) is 69.6 cm³/mol. The average molecular weight is 233 g/mol. The van der Waals surface area contributed by atoms with Gasteiger partial charge in [0.25, 0.3) is 0 Å². The summed E-state index contributed by atoms with van der Waals surface area (Å²) < 4.78 is 10.6. The van der Waals surface area contributed by atoms with E-state index in [9.17, 15) is 0 Å². The number of rotatable bonds is 3. The van der Waals surface area contributed by atoms with Crippen LogP contribution in [-0.2, 0) is 0 Å². The number of nitrogens with zero attached hydrogens (tertiary/aromatic N) is 1. The highest BCUT2D eigenvalue weighted by Gasteiger charge is 2.13. The Bertz CT molecular complexity index is 426. The van der Waals surface area contributed by atoms with E-state index in [1.165, 1.54) is 11.1 Å². The van der Waals surface area contributed by atoms with Crippen molar-refractivity contribution in [2.45, 2.75) is 6.42 Å². The largest absolute Gasteiger partial charge is 0.497 e. The van der Waals surface area contributed by atoms with Crippen LogP contribution in [-0.4, -0.2) is 39.3 Å². The number of hydrogen-bond donors (Lipinski definition) is 0. The van der Waals surface area contributed by atoms with Crippen LogP contribution < -0.4 is 9.47 Å². The summed E-state index contributed by atoms with van der Waals surface area (Å²) in [6.45, 7) is 2.10. The Morgan fingerprint density at radius 2 is 2.00 bits per heavy atom. The van der Waals surface area contributed by atoms with Crippen LogP contribution in [0.5, 0.6) is 11.5 Å². The first-order chi connectivity index (χ1) is 8.24. The first kappa shape index (κ1) is 12.0. The molecular weight excluding hydrogens is 214 g/mol. The number of methoxy groups -OCH3 is 2.